The molecule has 1 aromatic heterocycles. The zero-order chi connectivity index (χ0) is 13.0. The first-order chi connectivity index (χ1) is 8.66. The molecule has 0 atom stereocenters. The summed E-state index contributed by atoms with van der Waals surface area (Å²) in [6.07, 6.45) is 1.51. The van der Waals surface area contributed by atoms with Crippen LogP contribution in [0.5, 0.6) is 0 Å². The van der Waals surface area contributed by atoms with Crippen LogP contribution in [0.1, 0.15) is 19.4 Å². The average molecular weight is 283 g/mol. The number of nitrogens with one attached hydrogen (secondary N) is 1. The minimum Gasteiger partial charge on any atom is -0.310 e. The highest BCUT2D eigenvalue weighted by atomic mass is 32.2. The van der Waals surface area contributed by atoms with Crippen molar-refractivity contribution in [3.63, 3.8) is 0 Å². The number of rotatable bonds is 5. The summed E-state index contributed by atoms with van der Waals surface area (Å²) in [5, 5.41) is 3.24. The summed E-state index contributed by atoms with van der Waals surface area (Å²) >= 11 is 2.77. The van der Waals surface area contributed by atoms with Gasteiger partial charge in [-0.2, -0.15) is 4.37 Å². The number of aromatic nitrogens is 2. The monoisotopic (exact) mass is 283 g/mol. The predicted octanol–water partition coefficient (Wildman–Crippen LogP) is 3.33. The van der Waals surface area contributed by atoms with Crippen molar-refractivity contribution in [1.29, 1.82) is 0 Å². The number of halogens is 1. The first kappa shape index (κ1) is 13.5. The van der Waals surface area contributed by atoms with Crippen LogP contribution in [0.3, 0.4) is 0 Å². The van der Waals surface area contributed by atoms with E-state index in [2.05, 4.69) is 14.7 Å². The van der Waals surface area contributed by atoms with Crippen molar-refractivity contribution < 1.29 is 4.39 Å². The quantitative estimate of drug-likeness (QED) is 0.913. The van der Waals surface area contributed by atoms with Crippen molar-refractivity contribution in [3.05, 3.63) is 35.9 Å². The van der Waals surface area contributed by atoms with Crippen LogP contribution in [0.15, 0.2) is 33.8 Å². The zero-order valence-corrected chi connectivity index (χ0v) is 11.8. The van der Waals surface area contributed by atoms with Gasteiger partial charge < -0.3 is 5.32 Å². The van der Waals surface area contributed by atoms with Gasteiger partial charge in [0.2, 0.25) is 0 Å². The molecule has 0 aliphatic heterocycles. The molecule has 0 amide bonds. The molecular formula is C12H14FN3S2. The lowest BCUT2D eigenvalue weighted by Crippen LogP contribution is -2.22. The Balaban J connectivity index is 2.20. The van der Waals surface area contributed by atoms with Gasteiger partial charge in [0.15, 0.2) is 4.34 Å². The molecule has 96 valence electrons. The van der Waals surface area contributed by atoms with E-state index < -0.39 is 0 Å². The molecule has 0 radical (unpaired) electrons. The number of nitrogens with zero attached hydrogens (tertiary/aromatic N) is 2. The van der Waals surface area contributed by atoms with Gasteiger partial charge in [0.05, 0.1) is 0 Å². The van der Waals surface area contributed by atoms with Gasteiger partial charge >= 0.3 is 0 Å². The Morgan fingerprint density at radius 3 is 2.94 bits per heavy atom. The largest absolute Gasteiger partial charge is 0.310 e. The van der Waals surface area contributed by atoms with Crippen LogP contribution in [-0.4, -0.2) is 15.4 Å². The summed E-state index contributed by atoms with van der Waals surface area (Å²) < 4.78 is 18.6. The van der Waals surface area contributed by atoms with E-state index in [0.717, 1.165) is 9.24 Å². The Hall–Kier alpha value is -0.980. The summed E-state index contributed by atoms with van der Waals surface area (Å²) in [6, 6.07) is 5.44. The second-order valence-electron chi connectivity index (χ2n) is 4.06. The minimum atomic E-state index is -0.183. The Morgan fingerprint density at radius 1 is 1.44 bits per heavy atom. The van der Waals surface area contributed by atoms with Gasteiger partial charge in [0.25, 0.3) is 0 Å². The van der Waals surface area contributed by atoms with Crippen LogP contribution in [0.2, 0.25) is 0 Å². The Labute approximate surface area is 114 Å². The van der Waals surface area contributed by atoms with Crippen LogP contribution in [0, 0.1) is 5.82 Å². The molecule has 0 saturated carbocycles. The van der Waals surface area contributed by atoms with Crippen LogP contribution in [-0.2, 0) is 6.54 Å². The van der Waals surface area contributed by atoms with Crippen molar-refractivity contribution in [2.24, 2.45) is 0 Å². The number of hydrogen-bond donors (Lipinski definition) is 1. The molecule has 2 rings (SSSR count). The summed E-state index contributed by atoms with van der Waals surface area (Å²) in [7, 11) is 0. The molecule has 2 aromatic rings. The number of hydrogen-bond acceptors (Lipinski definition) is 5. The average Bonchev–Trinajstić information content (AvgIpc) is 2.81. The van der Waals surface area contributed by atoms with Gasteiger partial charge in [-0.05, 0) is 23.7 Å². The normalized spacial score (nSPS) is 11.1. The number of benzene rings is 1. The summed E-state index contributed by atoms with van der Waals surface area (Å²) in [4.78, 5) is 4.99. The van der Waals surface area contributed by atoms with Gasteiger partial charge in [-0.1, -0.05) is 31.7 Å². The molecule has 0 spiro atoms. The highest BCUT2D eigenvalue weighted by molar-refractivity contribution is 8.01. The summed E-state index contributed by atoms with van der Waals surface area (Å²) in [5.74, 6) is -0.183. The van der Waals surface area contributed by atoms with Gasteiger partial charge in [-0.3, -0.25) is 0 Å². The maximum Gasteiger partial charge on any atom is 0.174 e. The molecule has 0 unspecified atom stereocenters. The highest BCUT2D eigenvalue weighted by Crippen LogP contribution is 2.32. The van der Waals surface area contributed by atoms with E-state index in [1.807, 2.05) is 19.9 Å². The van der Waals surface area contributed by atoms with Crippen LogP contribution in [0.25, 0.3) is 0 Å². The summed E-state index contributed by atoms with van der Waals surface area (Å²) in [6.45, 7) is 4.60. The molecule has 1 N–H and O–H groups in total. The van der Waals surface area contributed by atoms with Crippen molar-refractivity contribution in [2.75, 3.05) is 0 Å². The molecule has 18 heavy (non-hydrogen) atoms. The van der Waals surface area contributed by atoms with E-state index in [1.165, 1.54) is 35.7 Å². The predicted molar refractivity (Wildman–Crippen MR) is 72.4 cm³/mol. The lowest BCUT2D eigenvalue weighted by molar-refractivity contribution is 0.546. The minimum absolute atomic E-state index is 0.183. The molecule has 3 nitrogen and oxygen atoms in total. The molecule has 1 aromatic carbocycles. The molecule has 0 aliphatic rings. The van der Waals surface area contributed by atoms with Crippen LogP contribution < -0.4 is 5.32 Å². The lowest BCUT2D eigenvalue weighted by Gasteiger charge is -2.12. The molecule has 0 aliphatic carbocycles. The van der Waals surface area contributed by atoms with E-state index in [0.29, 0.717) is 18.2 Å². The van der Waals surface area contributed by atoms with Gasteiger partial charge in [-0.15, -0.1) is 0 Å². The molecule has 0 saturated heterocycles. The van der Waals surface area contributed by atoms with E-state index >= 15 is 0 Å². The maximum atomic E-state index is 13.8. The molecule has 0 bridgehead atoms. The van der Waals surface area contributed by atoms with Gasteiger partial charge in [-0.25, -0.2) is 9.37 Å². The van der Waals surface area contributed by atoms with Crippen molar-refractivity contribution in [3.8, 4) is 0 Å². The van der Waals surface area contributed by atoms with E-state index in [4.69, 9.17) is 0 Å². The SMILES string of the molecule is CC(C)NCc1c(F)cccc1Sc1ncns1. The van der Waals surface area contributed by atoms with Crippen LogP contribution >= 0.6 is 23.3 Å². The molecule has 1 heterocycles. The third-order valence-corrected chi connectivity index (χ3v) is 4.12. The Kier molecular flexibility index (Phi) is 4.68. The van der Waals surface area contributed by atoms with Gasteiger partial charge in [0, 0.05) is 23.0 Å². The highest BCUT2D eigenvalue weighted by Gasteiger charge is 2.11. The van der Waals surface area contributed by atoms with Crippen molar-refractivity contribution >= 4 is 23.3 Å². The topological polar surface area (TPSA) is 37.8 Å². The smallest absolute Gasteiger partial charge is 0.174 e. The molecule has 6 heteroatoms. The van der Waals surface area contributed by atoms with Crippen LogP contribution in [0.4, 0.5) is 4.39 Å². The zero-order valence-electron chi connectivity index (χ0n) is 10.2. The van der Waals surface area contributed by atoms with E-state index in [9.17, 15) is 4.39 Å². The maximum absolute atomic E-state index is 13.8. The standard InChI is InChI=1S/C12H14FN3S2/c1-8(2)14-6-9-10(13)4-3-5-11(9)17-12-15-7-16-18-12/h3-5,7-8,14H,6H2,1-2H3. The fraction of sp³-hybridized carbons (Fsp3) is 0.333. The first-order valence-corrected chi connectivity index (χ1v) is 7.21. The third-order valence-electron chi connectivity index (χ3n) is 2.30. The molecule has 0 fully saturated rings. The van der Waals surface area contributed by atoms with Crippen molar-refractivity contribution in [2.45, 2.75) is 35.7 Å². The Bertz CT molecular complexity index is 500. The van der Waals surface area contributed by atoms with Crippen molar-refractivity contribution in [1.82, 2.24) is 14.7 Å². The van der Waals surface area contributed by atoms with Gasteiger partial charge in [0.1, 0.15) is 12.1 Å². The van der Waals surface area contributed by atoms with E-state index in [1.54, 1.807) is 6.07 Å². The summed E-state index contributed by atoms with van der Waals surface area (Å²) in [5.41, 5.74) is 0.686. The van der Waals surface area contributed by atoms with E-state index in [-0.39, 0.29) is 5.82 Å². The fourth-order valence-electron chi connectivity index (χ4n) is 1.41. The molecular weight excluding hydrogens is 269 g/mol. The Morgan fingerprint density at radius 2 is 2.28 bits per heavy atom. The lowest BCUT2D eigenvalue weighted by atomic mass is 10.2. The third kappa shape index (κ3) is 3.51. The second-order valence-corrected chi connectivity index (χ2v) is 6.13. The fourth-order valence-corrected chi connectivity index (χ4v) is 2.97. The first-order valence-electron chi connectivity index (χ1n) is 5.62. The second kappa shape index (κ2) is 6.26.